The number of carbonyl (C=O) groups is 1. The molecule has 37 heavy (non-hydrogen) atoms. The van der Waals surface area contributed by atoms with Gasteiger partial charge in [0.1, 0.15) is 21.6 Å². The van der Waals surface area contributed by atoms with Gasteiger partial charge < -0.3 is 9.80 Å². The lowest BCUT2D eigenvalue weighted by Gasteiger charge is -2.37. The highest BCUT2D eigenvalue weighted by Crippen LogP contribution is 2.34. The Kier molecular flexibility index (Phi) is 7.30. The van der Waals surface area contributed by atoms with Gasteiger partial charge in [-0.1, -0.05) is 43.4 Å². The van der Waals surface area contributed by atoms with E-state index in [0.29, 0.717) is 59.0 Å². The molecule has 1 amide bonds. The molecule has 0 spiro atoms. The fourth-order valence-electron chi connectivity index (χ4n) is 4.58. The molecule has 0 unspecified atom stereocenters. The molecule has 0 atom stereocenters. The van der Waals surface area contributed by atoms with Gasteiger partial charge >= 0.3 is 0 Å². The maximum Gasteiger partial charge on any atom is 0.267 e. The lowest BCUT2D eigenvalue weighted by molar-refractivity contribution is -0.122. The number of aryl methyl sites for hydroxylation is 1. The first-order valence-corrected chi connectivity index (χ1v) is 13.6. The average molecular weight is 538 g/mol. The van der Waals surface area contributed by atoms with Crippen molar-refractivity contribution in [3.63, 3.8) is 0 Å². The van der Waals surface area contributed by atoms with Gasteiger partial charge in [-0.05, 0) is 55.3 Å². The SMILES string of the molecule is CCCCN1C(=O)/C(=C\c2c(N3CCN(c4ccc(F)cc4)CC3)nc3ccc(C)cn3c2=O)SC1=S. The van der Waals surface area contributed by atoms with Crippen LogP contribution in [-0.2, 0) is 4.79 Å². The van der Waals surface area contributed by atoms with Crippen LogP contribution in [0, 0.1) is 12.7 Å². The van der Waals surface area contributed by atoms with Crippen LogP contribution in [0.1, 0.15) is 30.9 Å². The van der Waals surface area contributed by atoms with Crippen molar-refractivity contribution < 1.29 is 9.18 Å². The summed E-state index contributed by atoms with van der Waals surface area (Å²) in [6, 6.07) is 10.2. The first-order valence-electron chi connectivity index (χ1n) is 12.4. The monoisotopic (exact) mass is 537 g/mol. The van der Waals surface area contributed by atoms with Gasteiger partial charge in [-0.25, -0.2) is 9.37 Å². The molecule has 0 aliphatic carbocycles. The Labute approximate surface area is 224 Å². The molecule has 2 aromatic heterocycles. The van der Waals surface area contributed by atoms with Gasteiger partial charge in [0.05, 0.1) is 10.5 Å². The molecule has 10 heteroatoms. The van der Waals surface area contributed by atoms with Crippen LogP contribution in [0.4, 0.5) is 15.9 Å². The van der Waals surface area contributed by atoms with Crippen molar-refractivity contribution in [2.45, 2.75) is 26.7 Å². The largest absolute Gasteiger partial charge is 0.368 e. The summed E-state index contributed by atoms with van der Waals surface area (Å²) in [6.45, 7) is 7.21. The molecule has 2 aliphatic heterocycles. The second-order valence-corrected chi connectivity index (χ2v) is 10.9. The molecular formula is C27H28FN5O2S2. The van der Waals surface area contributed by atoms with E-state index < -0.39 is 0 Å². The summed E-state index contributed by atoms with van der Waals surface area (Å²) in [5.41, 5.74) is 2.62. The number of fused-ring (bicyclic) bond motifs is 1. The summed E-state index contributed by atoms with van der Waals surface area (Å²) < 4.78 is 15.4. The number of halogens is 1. The number of carbonyl (C=O) groups excluding carboxylic acids is 1. The highest BCUT2D eigenvalue weighted by molar-refractivity contribution is 8.26. The third-order valence-corrected chi connectivity index (χ3v) is 8.02. The number of hydrogen-bond donors (Lipinski definition) is 0. The highest BCUT2D eigenvalue weighted by atomic mass is 32.2. The number of piperazine rings is 1. The van der Waals surface area contributed by atoms with E-state index in [9.17, 15) is 14.0 Å². The molecule has 2 saturated heterocycles. The molecule has 3 aromatic rings. The number of amides is 1. The van der Waals surface area contributed by atoms with Crippen LogP contribution in [0.3, 0.4) is 0 Å². The van der Waals surface area contributed by atoms with Crippen LogP contribution < -0.4 is 15.4 Å². The van der Waals surface area contributed by atoms with Crippen molar-refractivity contribution in [2.24, 2.45) is 0 Å². The zero-order valence-electron chi connectivity index (χ0n) is 20.8. The molecule has 0 saturated carbocycles. The summed E-state index contributed by atoms with van der Waals surface area (Å²) in [5, 5.41) is 0. The predicted molar refractivity (Wildman–Crippen MR) is 152 cm³/mol. The Bertz CT molecular complexity index is 1450. The number of unbranched alkanes of at least 4 members (excludes halogenated alkanes) is 1. The summed E-state index contributed by atoms with van der Waals surface area (Å²) in [6.07, 6.45) is 5.25. The molecule has 0 N–H and O–H groups in total. The van der Waals surface area contributed by atoms with E-state index in [1.807, 2.05) is 19.1 Å². The third kappa shape index (κ3) is 5.13. The number of hydrogen-bond acceptors (Lipinski definition) is 7. The Balaban J connectivity index is 1.51. The number of thiocarbonyl (C=S) groups is 1. The summed E-state index contributed by atoms with van der Waals surface area (Å²) >= 11 is 6.70. The Morgan fingerprint density at radius 3 is 2.46 bits per heavy atom. The van der Waals surface area contributed by atoms with E-state index in [1.54, 1.807) is 29.3 Å². The standard InChI is InChI=1S/C27H28FN5O2S2/c1-3-4-11-32-26(35)22(37-27(32)36)16-21-24(29-23-10-5-18(2)17-33(23)25(21)34)31-14-12-30(13-15-31)20-8-6-19(28)7-9-20/h5-10,16-17H,3-4,11-15H2,1-2H3/b22-16+. The van der Waals surface area contributed by atoms with Gasteiger partial charge in [-0.2, -0.15) is 0 Å². The molecule has 1 aromatic carbocycles. The van der Waals surface area contributed by atoms with Crippen molar-refractivity contribution in [3.05, 3.63) is 74.8 Å². The van der Waals surface area contributed by atoms with Gasteiger partial charge in [0.15, 0.2) is 0 Å². The van der Waals surface area contributed by atoms with E-state index in [0.717, 1.165) is 24.1 Å². The van der Waals surface area contributed by atoms with Gasteiger partial charge in [0.25, 0.3) is 11.5 Å². The Morgan fingerprint density at radius 1 is 1.05 bits per heavy atom. The van der Waals surface area contributed by atoms with Crippen LogP contribution in [0.25, 0.3) is 11.7 Å². The minimum atomic E-state index is -0.261. The summed E-state index contributed by atoms with van der Waals surface area (Å²) in [4.78, 5) is 38.1. The minimum absolute atomic E-state index is 0.163. The summed E-state index contributed by atoms with van der Waals surface area (Å²) in [7, 11) is 0. The molecule has 0 radical (unpaired) electrons. The smallest absolute Gasteiger partial charge is 0.267 e. The molecule has 2 aliphatic rings. The van der Waals surface area contributed by atoms with E-state index in [4.69, 9.17) is 17.2 Å². The van der Waals surface area contributed by atoms with Crippen LogP contribution >= 0.6 is 24.0 Å². The second kappa shape index (κ2) is 10.6. The van der Waals surface area contributed by atoms with Gasteiger partial charge in [0, 0.05) is 44.6 Å². The van der Waals surface area contributed by atoms with E-state index in [1.165, 1.54) is 28.3 Å². The normalized spacial score (nSPS) is 17.5. The quantitative estimate of drug-likeness (QED) is 0.340. The first kappa shape index (κ1) is 25.4. The van der Waals surface area contributed by atoms with Gasteiger partial charge in [0.2, 0.25) is 0 Å². The Hall–Kier alpha value is -3.24. The van der Waals surface area contributed by atoms with Crippen LogP contribution in [-0.4, -0.2) is 57.2 Å². The van der Waals surface area contributed by atoms with Gasteiger partial charge in [-0.3, -0.25) is 18.9 Å². The number of benzene rings is 1. The molecule has 7 nitrogen and oxygen atoms in total. The number of rotatable bonds is 6. The van der Waals surface area contributed by atoms with Crippen molar-refractivity contribution >= 4 is 57.4 Å². The van der Waals surface area contributed by atoms with Crippen molar-refractivity contribution in [2.75, 3.05) is 42.5 Å². The van der Waals surface area contributed by atoms with Gasteiger partial charge in [-0.15, -0.1) is 0 Å². The first-order chi connectivity index (χ1) is 17.9. The predicted octanol–water partition coefficient (Wildman–Crippen LogP) is 4.47. The number of anilines is 2. The fourth-order valence-corrected chi connectivity index (χ4v) is 5.87. The fraction of sp³-hybridized carbons (Fsp3) is 0.333. The van der Waals surface area contributed by atoms with E-state index in [2.05, 4.69) is 16.7 Å². The number of pyridine rings is 1. The number of nitrogens with zero attached hydrogens (tertiary/aromatic N) is 5. The maximum atomic E-state index is 13.7. The lowest BCUT2D eigenvalue weighted by atomic mass is 10.2. The second-order valence-electron chi connectivity index (χ2n) is 9.23. The molecular weight excluding hydrogens is 509 g/mol. The van der Waals surface area contributed by atoms with E-state index in [-0.39, 0.29) is 17.3 Å². The van der Waals surface area contributed by atoms with E-state index >= 15 is 0 Å². The maximum absolute atomic E-state index is 13.7. The zero-order valence-corrected chi connectivity index (χ0v) is 22.4. The minimum Gasteiger partial charge on any atom is -0.368 e. The molecule has 2 fully saturated rings. The molecule has 5 rings (SSSR count). The summed E-state index contributed by atoms with van der Waals surface area (Å²) in [5.74, 6) is 0.138. The van der Waals surface area contributed by atoms with Crippen LogP contribution in [0.15, 0.2) is 52.3 Å². The van der Waals surface area contributed by atoms with Crippen molar-refractivity contribution in [3.8, 4) is 0 Å². The topological polar surface area (TPSA) is 61.2 Å². The molecule has 0 bridgehead atoms. The van der Waals surface area contributed by atoms with Crippen LogP contribution in [0.2, 0.25) is 0 Å². The Morgan fingerprint density at radius 2 is 1.76 bits per heavy atom. The lowest BCUT2D eigenvalue weighted by Crippen LogP contribution is -2.47. The zero-order chi connectivity index (χ0) is 26.1. The molecule has 4 heterocycles. The molecule has 192 valence electrons. The van der Waals surface area contributed by atoms with Crippen molar-refractivity contribution in [1.29, 1.82) is 0 Å². The highest BCUT2D eigenvalue weighted by Gasteiger charge is 2.32. The number of thioether (sulfide) groups is 1. The number of aromatic nitrogens is 2. The third-order valence-electron chi connectivity index (χ3n) is 6.64. The van der Waals surface area contributed by atoms with Crippen LogP contribution in [0.5, 0.6) is 0 Å². The van der Waals surface area contributed by atoms with Crippen molar-refractivity contribution in [1.82, 2.24) is 14.3 Å². The average Bonchev–Trinajstić information content (AvgIpc) is 3.17.